The largest absolute Gasteiger partial charge is 0.497 e. The molecule has 0 spiro atoms. The van der Waals surface area contributed by atoms with Crippen LogP contribution in [0, 0.1) is 13.8 Å². The molecule has 0 aromatic heterocycles. The lowest BCUT2D eigenvalue weighted by atomic mass is 10.1. The first-order chi connectivity index (χ1) is 16.7. The number of sulfonamides is 1. The van der Waals surface area contributed by atoms with Crippen LogP contribution in [0.1, 0.15) is 28.4 Å². The molecule has 35 heavy (non-hydrogen) atoms. The summed E-state index contributed by atoms with van der Waals surface area (Å²) in [5, 5.41) is 2.73. The SMILES string of the molecule is CCOC(=O)c1cccc(NC(=O)CN(c2cccc(OC)c2)S(=O)(=O)c2ccc(C)cc2)c1C. The number of esters is 1. The van der Waals surface area contributed by atoms with Gasteiger partial charge in [-0.3, -0.25) is 9.10 Å². The molecular formula is C26H28N2O6S. The molecule has 0 heterocycles. The third kappa shape index (κ3) is 5.99. The average Bonchev–Trinajstić information content (AvgIpc) is 2.84. The number of carbonyl (C=O) groups excluding carboxylic acids is 2. The number of nitrogens with one attached hydrogen (secondary N) is 1. The van der Waals surface area contributed by atoms with Crippen molar-refractivity contribution in [3.63, 3.8) is 0 Å². The summed E-state index contributed by atoms with van der Waals surface area (Å²) in [4.78, 5) is 25.3. The zero-order valence-corrected chi connectivity index (χ0v) is 20.9. The van der Waals surface area contributed by atoms with E-state index in [1.807, 2.05) is 6.92 Å². The van der Waals surface area contributed by atoms with Crippen molar-refractivity contribution in [2.24, 2.45) is 0 Å². The Bertz CT molecular complexity index is 1320. The Morgan fingerprint density at radius 2 is 1.66 bits per heavy atom. The smallest absolute Gasteiger partial charge is 0.338 e. The van der Waals surface area contributed by atoms with E-state index in [1.165, 1.54) is 19.2 Å². The third-order valence-electron chi connectivity index (χ3n) is 5.34. The second-order valence-corrected chi connectivity index (χ2v) is 9.64. The molecule has 3 aromatic carbocycles. The van der Waals surface area contributed by atoms with E-state index < -0.39 is 28.4 Å². The van der Waals surface area contributed by atoms with Gasteiger partial charge in [0.2, 0.25) is 5.91 Å². The maximum absolute atomic E-state index is 13.6. The van der Waals surface area contributed by atoms with Crippen molar-refractivity contribution in [2.75, 3.05) is 29.9 Å². The Labute approximate surface area is 205 Å². The first kappa shape index (κ1) is 25.8. The standard InChI is InChI=1S/C26H28N2O6S/c1-5-34-26(30)23-10-7-11-24(19(23)3)27-25(29)17-28(20-8-6-9-21(16-20)33-4)35(31,32)22-14-12-18(2)13-15-22/h6-16H,5,17H2,1-4H3,(H,27,29). The molecular weight excluding hydrogens is 468 g/mol. The summed E-state index contributed by atoms with van der Waals surface area (Å²) in [5.41, 5.74) is 2.41. The van der Waals surface area contributed by atoms with Crippen molar-refractivity contribution in [2.45, 2.75) is 25.7 Å². The van der Waals surface area contributed by atoms with Crippen LogP contribution in [0.25, 0.3) is 0 Å². The van der Waals surface area contributed by atoms with Gasteiger partial charge in [-0.1, -0.05) is 29.8 Å². The summed E-state index contributed by atoms with van der Waals surface area (Å²) in [6.07, 6.45) is 0. The van der Waals surface area contributed by atoms with Crippen LogP contribution in [0.5, 0.6) is 5.75 Å². The quantitative estimate of drug-likeness (QED) is 0.443. The molecule has 0 unspecified atom stereocenters. The monoisotopic (exact) mass is 496 g/mol. The number of ether oxygens (including phenoxy) is 2. The number of rotatable bonds is 9. The van der Waals surface area contributed by atoms with Crippen molar-refractivity contribution in [3.8, 4) is 5.75 Å². The number of hydrogen-bond donors (Lipinski definition) is 1. The summed E-state index contributed by atoms with van der Waals surface area (Å²) in [6.45, 7) is 4.98. The number of aryl methyl sites for hydroxylation is 1. The molecule has 0 aliphatic heterocycles. The fourth-order valence-electron chi connectivity index (χ4n) is 3.44. The zero-order chi connectivity index (χ0) is 25.6. The predicted molar refractivity (Wildman–Crippen MR) is 134 cm³/mol. The van der Waals surface area contributed by atoms with Gasteiger partial charge in [0, 0.05) is 11.8 Å². The highest BCUT2D eigenvalue weighted by molar-refractivity contribution is 7.92. The number of methoxy groups -OCH3 is 1. The number of amides is 1. The topological polar surface area (TPSA) is 102 Å². The average molecular weight is 497 g/mol. The molecule has 0 bridgehead atoms. The van der Waals surface area contributed by atoms with Crippen LogP contribution in [0.2, 0.25) is 0 Å². The third-order valence-corrected chi connectivity index (χ3v) is 7.13. The van der Waals surface area contributed by atoms with E-state index >= 15 is 0 Å². The molecule has 0 saturated carbocycles. The molecule has 0 atom stereocenters. The molecule has 0 aliphatic rings. The molecule has 184 valence electrons. The molecule has 3 rings (SSSR count). The maximum Gasteiger partial charge on any atom is 0.338 e. The second-order valence-electron chi connectivity index (χ2n) is 7.77. The fourth-order valence-corrected chi connectivity index (χ4v) is 4.85. The lowest BCUT2D eigenvalue weighted by molar-refractivity contribution is -0.114. The first-order valence-corrected chi connectivity index (χ1v) is 12.4. The van der Waals surface area contributed by atoms with E-state index in [0.29, 0.717) is 22.6 Å². The molecule has 1 amide bonds. The molecule has 0 aliphatic carbocycles. The predicted octanol–water partition coefficient (Wildman–Crippen LogP) is 4.32. The fraction of sp³-hybridized carbons (Fsp3) is 0.231. The highest BCUT2D eigenvalue weighted by Gasteiger charge is 2.28. The van der Waals surface area contributed by atoms with Crippen LogP contribution in [0.15, 0.2) is 71.6 Å². The lowest BCUT2D eigenvalue weighted by Crippen LogP contribution is -2.38. The van der Waals surface area contributed by atoms with Gasteiger partial charge >= 0.3 is 5.97 Å². The number of hydrogen-bond acceptors (Lipinski definition) is 6. The van der Waals surface area contributed by atoms with Gasteiger partial charge in [0.1, 0.15) is 12.3 Å². The minimum absolute atomic E-state index is 0.0548. The van der Waals surface area contributed by atoms with E-state index in [9.17, 15) is 18.0 Å². The van der Waals surface area contributed by atoms with Gasteiger partial charge < -0.3 is 14.8 Å². The normalized spacial score (nSPS) is 11.0. The van der Waals surface area contributed by atoms with Crippen LogP contribution in [-0.2, 0) is 19.6 Å². The second kappa shape index (κ2) is 11.1. The van der Waals surface area contributed by atoms with Crippen molar-refractivity contribution in [1.82, 2.24) is 0 Å². The van der Waals surface area contributed by atoms with Crippen LogP contribution in [-0.4, -0.2) is 40.6 Å². The Hall–Kier alpha value is -3.85. The van der Waals surface area contributed by atoms with Gasteiger partial charge in [-0.05, 0) is 62.7 Å². The summed E-state index contributed by atoms with van der Waals surface area (Å²) in [7, 11) is -2.60. The van der Waals surface area contributed by atoms with Gasteiger partial charge in [-0.2, -0.15) is 0 Å². The minimum atomic E-state index is -4.08. The van der Waals surface area contributed by atoms with E-state index in [-0.39, 0.29) is 17.2 Å². The van der Waals surface area contributed by atoms with Gasteiger partial charge in [0.25, 0.3) is 10.0 Å². The van der Waals surface area contributed by atoms with Crippen molar-refractivity contribution < 1.29 is 27.5 Å². The summed E-state index contributed by atoms with van der Waals surface area (Å²) in [5.74, 6) is -0.626. The number of nitrogens with zero attached hydrogens (tertiary/aromatic N) is 1. The summed E-state index contributed by atoms with van der Waals surface area (Å²) < 4.78 is 38.5. The van der Waals surface area contributed by atoms with E-state index in [2.05, 4.69) is 5.32 Å². The lowest BCUT2D eigenvalue weighted by Gasteiger charge is -2.25. The number of anilines is 2. The number of carbonyl (C=O) groups is 2. The van der Waals surface area contributed by atoms with Crippen molar-refractivity contribution in [1.29, 1.82) is 0 Å². The molecule has 3 aromatic rings. The highest BCUT2D eigenvalue weighted by Crippen LogP contribution is 2.28. The Morgan fingerprint density at radius 3 is 2.31 bits per heavy atom. The first-order valence-electron chi connectivity index (χ1n) is 11.0. The maximum atomic E-state index is 13.6. The Kier molecular flexibility index (Phi) is 8.14. The Morgan fingerprint density at radius 1 is 0.971 bits per heavy atom. The van der Waals surface area contributed by atoms with Gasteiger partial charge in [0.05, 0.1) is 29.9 Å². The summed E-state index contributed by atoms with van der Waals surface area (Å²) in [6, 6.07) is 17.7. The summed E-state index contributed by atoms with van der Waals surface area (Å²) >= 11 is 0. The van der Waals surface area contributed by atoms with Gasteiger partial charge in [-0.15, -0.1) is 0 Å². The molecule has 9 heteroatoms. The Balaban J connectivity index is 1.95. The molecule has 0 radical (unpaired) electrons. The van der Waals surface area contributed by atoms with Gasteiger partial charge in [-0.25, -0.2) is 13.2 Å². The van der Waals surface area contributed by atoms with Crippen LogP contribution >= 0.6 is 0 Å². The molecule has 1 N–H and O–H groups in total. The van der Waals surface area contributed by atoms with Crippen molar-refractivity contribution >= 4 is 33.3 Å². The van der Waals surface area contributed by atoms with Crippen LogP contribution in [0.4, 0.5) is 11.4 Å². The zero-order valence-electron chi connectivity index (χ0n) is 20.1. The van der Waals surface area contributed by atoms with Crippen LogP contribution in [0.3, 0.4) is 0 Å². The minimum Gasteiger partial charge on any atom is -0.497 e. The van der Waals surface area contributed by atoms with E-state index in [0.717, 1.165) is 9.87 Å². The number of benzene rings is 3. The van der Waals surface area contributed by atoms with Crippen LogP contribution < -0.4 is 14.4 Å². The highest BCUT2D eigenvalue weighted by atomic mass is 32.2. The van der Waals surface area contributed by atoms with Crippen molar-refractivity contribution in [3.05, 3.63) is 83.4 Å². The molecule has 0 fully saturated rings. The molecule has 8 nitrogen and oxygen atoms in total. The van der Waals surface area contributed by atoms with Gasteiger partial charge in [0.15, 0.2) is 0 Å². The molecule has 0 saturated heterocycles. The van der Waals surface area contributed by atoms with E-state index in [1.54, 1.807) is 68.4 Å². The van der Waals surface area contributed by atoms with E-state index in [4.69, 9.17) is 9.47 Å².